The lowest BCUT2D eigenvalue weighted by molar-refractivity contribution is 0.209. The zero-order valence-corrected chi connectivity index (χ0v) is 20.2. The van der Waals surface area contributed by atoms with E-state index in [1.807, 2.05) is 31.2 Å². The van der Waals surface area contributed by atoms with Crippen LogP contribution >= 0.6 is 23.1 Å². The van der Waals surface area contributed by atoms with E-state index in [1.165, 1.54) is 5.56 Å². The van der Waals surface area contributed by atoms with Gasteiger partial charge >= 0.3 is 0 Å². The second-order valence-corrected chi connectivity index (χ2v) is 9.12. The van der Waals surface area contributed by atoms with E-state index in [0.29, 0.717) is 0 Å². The van der Waals surface area contributed by atoms with Crippen molar-refractivity contribution in [2.45, 2.75) is 44.3 Å². The Morgan fingerprint density at radius 3 is 2.59 bits per heavy atom. The molecule has 0 aliphatic rings. The van der Waals surface area contributed by atoms with E-state index in [1.54, 1.807) is 30.2 Å². The molecule has 0 N–H and O–H groups in total. The number of hydrogen-bond donors (Lipinski definition) is 0. The maximum absolute atomic E-state index is 6.08. The van der Waals surface area contributed by atoms with Crippen molar-refractivity contribution in [1.82, 2.24) is 19.7 Å². The lowest BCUT2D eigenvalue weighted by Crippen LogP contribution is -2.12. The zero-order chi connectivity index (χ0) is 22.5. The van der Waals surface area contributed by atoms with Gasteiger partial charge in [-0.2, -0.15) is 0 Å². The van der Waals surface area contributed by atoms with Crippen molar-refractivity contribution >= 4 is 23.1 Å². The largest absolute Gasteiger partial charge is 0.497 e. The first-order valence-corrected chi connectivity index (χ1v) is 12.3. The van der Waals surface area contributed by atoms with Gasteiger partial charge < -0.3 is 14.0 Å². The van der Waals surface area contributed by atoms with Crippen LogP contribution in [-0.4, -0.2) is 26.9 Å². The van der Waals surface area contributed by atoms with Crippen LogP contribution in [0.15, 0.2) is 59.1 Å². The van der Waals surface area contributed by atoms with Gasteiger partial charge in [-0.25, -0.2) is 4.98 Å². The highest BCUT2D eigenvalue weighted by molar-refractivity contribution is 7.98. The summed E-state index contributed by atoms with van der Waals surface area (Å²) in [6.45, 7) is 6.95. The van der Waals surface area contributed by atoms with Gasteiger partial charge in [-0.15, -0.1) is 21.5 Å². The van der Waals surface area contributed by atoms with Crippen molar-refractivity contribution in [3.63, 3.8) is 0 Å². The molecule has 0 bridgehead atoms. The molecule has 0 saturated heterocycles. The van der Waals surface area contributed by atoms with E-state index < -0.39 is 0 Å². The summed E-state index contributed by atoms with van der Waals surface area (Å²) in [6.07, 6.45) is -0.225. The third kappa shape index (κ3) is 5.14. The molecule has 0 amide bonds. The normalized spacial score (nSPS) is 12.0. The van der Waals surface area contributed by atoms with Crippen LogP contribution in [0.3, 0.4) is 0 Å². The Bertz CT molecular complexity index is 1170. The molecule has 0 spiro atoms. The monoisotopic (exact) mass is 466 g/mol. The van der Waals surface area contributed by atoms with E-state index in [2.05, 4.69) is 58.3 Å². The maximum atomic E-state index is 6.08. The van der Waals surface area contributed by atoms with Gasteiger partial charge in [-0.1, -0.05) is 35.5 Å². The SMILES string of the molecule is CCn1c(SCc2csc(-c3cccc(C)c3)n2)nnc1C(C)Oc1ccc(OC)cc1. The number of nitrogens with zero attached hydrogens (tertiary/aromatic N) is 4. The lowest BCUT2D eigenvalue weighted by Gasteiger charge is -2.15. The van der Waals surface area contributed by atoms with Crippen LogP contribution in [-0.2, 0) is 12.3 Å². The van der Waals surface area contributed by atoms with Crippen LogP contribution < -0.4 is 9.47 Å². The third-order valence-electron chi connectivity index (χ3n) is 4.96. The molecule has 6 nitrogen and oxygen atoms in total. The molecule has 4 rings (SSSR count). The molecule has 0 radical (unpaired) electrons. The second-order valence-electron chi connectivity index (χ2n) is 7.32. The fourth-order valence-electron chi connectivity index (χ4n) is 3.34. The van der Waals surface area contributed by atoms with Crippen LogP contribution in [0.2, 0.25) is 0 Å². The number of aryl methyl sites for hydroxylation is 1. The van der Waals surface area contributed by atoms with Gasteiger partial charge in [0.05, 0.1) is 12.8 Å². The number of rotatable bonds is 9. The fourth-order valence-corrected chi connectivity index (χ4v) is 5.16. The van der Waals surface area contributed by atoms with Crippen molar-refractivity contribution < 1.29 is 9.47 Å². The summed E-state index contributed by atoms with van der Waals surface area (Å²) >= 11 is 3.32. The van der Waals surface area contributed by atoms with Gasteiger partial charge in [0.15, 0.2) is 17.1 Å². The summed E-state index contributed by atoms with van der Waals surface area (Å²) in [5, 5.41) is 12.9. The quantitative estimate of drug-likeness (QED) is 0.275. The van der Waals surface area contributed by atoms with Crippen molar-refractivity contribution in [2.75, 3.05) is 7.11 Å². The summed E-state index contributed by atoms with van der Waals surface area (Å²) in [6, 6.07) is 16.0. The molecule has 32 heavy (non-hydrogen) atoms. The van der Waals surface area contributed by atoms with E-state index in [-0.39, 0.29) is 6.10 Å². The topological polar surface area (TPSA) is 62.1 Å². The Labute approximate surface area is 196 Å². The summed E-state index contributed by atoms with van der Waals surface area (Å²) in [5.74, 6) is 3.12. The number of methoxy groups -OCH3 is 1. The van der Waals surface area contributed by atoms with Crippen LogP contribution in [0.25, 0.3) is 10.6 Å². The molecule has 166 valence electrons. The van der Waals surface area contributed by atoms with Gasteiger partial charge in [0.25, 0.3) is 0 Å². The molecule has 2 aromatic carbocycles. The van der Waals surface area contributed by atoms with Crippen LogP contribution in [0, 0.1) is 6.92 Å². The highest BCUT2D eigenvalue weighted by Crippen LogP contribution is 2.30. The minimum atomic E-state index is -0.225. The Hall–Kier alpha value is -2.84. The van der Waals surface area contributed by atoms with Crippen LogP contribution in [0.1, 0.15) is 37.0 Å². The molecule has 8 heteroatoms. The van der Waals surface area contributed by atoms with Gasteiger partial charge in [-0.3, -0.25) is 0 Å². The number of thiazole rings is 1. The number of benzene rings is 2. The molecule has 0 aliphatic heterocycles. The van der Waals surface area contributed by atoms with Crippen molar-refractivity contribution in [3.8, 4) is 22.1 Å². The summed E-state index contributed by atoms with van der Waals surface area (Å²) in [7, 11) is 1.65. The molecule has 1 atom stereocenters. The number of thioether (sulfide) groups is 1. The minimum absolute atomic E-state index is 0.225. The Morgan fingerprint density at radius 2 is 1.88 bits per heavy atom. The predicted molar refractivity (Wildman–Crippen MR) is 130 cm³/mol. The Balaban J connectivity index is 1.42. The molecule has 4 aromatic rings. The first-order chi connectivity index (χ1) is 15.6. The molecule has 0 fully saturated rings. The lowest BCUT2D eigenvalue weighted by atomic mass is 10.1. The van der Waals surface area contributed by atoms with E-state index in [4.69, 9.17) is 14.5 Å². The zero-order valence-electron chi connectivity index (χ0n) is 18.6. The Morgan fingerprint density at radius 1 is 1.09 bits per heavy atom. The first-order valence-electron chi connectivity index (χ1n) is 10.5. The van der Waals surface area contributed by atoms with E-state index in [0.717, 1.165) is 51.0 Å². The Kier molecular flexibility index (Phi) is 7.12. The smallest absolute Gasteiger partial charge is 0.191 e. The van der Waals surface area contributed by atoms with Crippen LogP contribution in [0.4, 0.5) is 0 Å². The first kappa shape index (κ1) is 22.4. The number of aromatic nitrogens is 4. The molecule has 1 unspecified atom stereocenters. The summed E-state index contributed by atoms with van der Waals surface area (Å²) in [5.41, 5.74) is 3.45. The van der Waals surface area contributed by atoms with E-state index in [9.17, 15) is 0 Å². The van der Waals surface area contributed by atoms with E-state index >= 15 is 0 Å². The predicted octanol–water partition coefficient (Wildman–Crippen LogP) is 6.17. The molecular weight excluding hydrogens is 440 g/mol. The summed E-state index contributed by atoms with van der Waals surface area (Å²) < 4.78 is 13.4. The van der Waals surface area contributed by atoms with Crippen molar-refractivity contribution in [2.24, 2.45) is 0 Å². The van der Waals surface area contributed by atoms with Gasteiger partial charge in [0.1, 0.15) is 16.5 Å². The highest BCUT2D eigenvalue weighted by Gasteiger charge is 2.19. The standard InChI is InChI=1S/C24H26N4O2S2/c1-5-28-22(17(3)30-21-11-9-20(29-4)10-12-21)26-27-24(28)32-15-19-14-31-23(25-19)18-8-6-7-16(2)13-18/h6-14,17H,5,15H2,1-4H3. The van der Waals surface area contributed by atoms with Gasteiger partial charge in [0, 0.05) is 23.2 Å². The average molecular weight is 467 g/mol. The highest BCUT2D eigenvalue weighted by atomic mass is 32.2. The van der Waals surface area contributed by atoms with Gasteiger partial charge in [-0.05, 0) is 51.1 Å². The van der Waals surface area contributed by atoms with Gasteiger partial charge in [0.2, 0.25) is 0 Å². The second kappa shape index (κ2) is 10.2. The number of hydrogen-bond acceptors (Lipinski definition) is 7. The number of ether oxygens (including phenoxy) is 2. The average Bonchev–Trinajstić information content (AvgIpc) is 3.45. The summed E-state index contributed by atoms with van der Waals surface area (Å²) in [4.78, 5) is 4.81. The van der Waals surface area contributed by atoms with Crippen LogP contribution in [0.5, 0.6) is 11.5 Å². The maximum Gasteiger partial charge on any atom is 0.191 e. The fraction of sp³-hybridized carbons (Fsp3) is 0.292. The van der Waals surface area contributed by atoms with Crippen molar-refractivity contribution in [3.05, 3.63) is 71.0 Å². The molecule has 0 saturated carbocycles. The molecule has 2 aromatic heterocycles. The third-order valence-corrected chi connectivity index (χ3v) is 6.90. The molecule has 0 aliphatic carbocycles. The molecule has 2 heterocycles. The minimum Gasteiger partial charge on any atom is -0.497 e. The van der Waals surface area contributed by atoms with Crippen molar-refractivity contribution in [1.29, 1.82) is 0 Å². The molecular formula is C24H26N4O2S2.